The summed E-state index contributed by atoms with van der Waals surface area (Å²) in [6, 6.07) is 3.09. The SMILES string of the molecule is CC1(C)CCC(NC(=O)c2c(O)c3cccnc3n(CC(O)CO)c2=O)CC1. The van der Waals surface area contributed by atoms with Crippen LogP contribution in [0.3, 0.4) is 0 Å². The first-order chi connectivity index (χ1) is 13.2. The molecule has 28 heavy (non-hydrogen) atoms. The van der Waals surface area contributed by atoms with Crippen LogP contribution in [0, 0.1) is 5.41 Å². The Morgan fingerprint density at radius 1 is 1.39 bits per heavy atom. The largest absolute Gasteiger partial charge is 0.506 e. The molecule has 0 spiro atoms. The first-order valence-electron chi connectivity index (χ1n) is 9.54. The number of aromatic hydroxyl groups is 1. The molecule has 2 aromatic rings. The molecule has 0 saturated heterocycles. The maximum absolute atomic E-state index is 13.0. The predicted molar refractivity (Wildman–Crippen MR) is 104 cm³/mol. The van der Waals surface area contributed by atoms with E-state index in [9.17, 15) is 19.8 Å². The average Bonchev–Trinajstić information content (AvgIpc) is 2.66. The van der Waals surface area contributed by atoms with E-state index in [1.54, 1.807) is 12.1 Å². The molecular formula is C20H27N3O5. The maximum Gasteiger partial charge on any atom is 0.268 e. The van der Waals surface area contributed by atoms with Crippen molar-refractivity contribution in [3.63, 3.8) is 0 Å². The quantitative estimate of drug-likeness (QED) is 0.608. The van der Waals surface area contributed by atoms with E-state index in [0.29, 0.717) is 0 Å². The number of pyridine rings is 2. The van der Waals surface area contributed by atoms with Crippen LogP contribution in [-0.2, 0) is 6.54 Å². The zero-order chi connectivity index (χ0) is 20.5. The van der Waals surface area contributed by atoms with E-state index in [-0.39, 0.29) is 34.6 Å². The van der Waals surface area contributed by atoms with Crippen molar-refractivity contribution in [2.45, 2.75) is 58.2 Å². The number of aromatic nitrogens is 2. The summed E-state index contributed by atoms with van der Waals surface area (Å²) >= 11 is 0. The van der Waals surface area contributed by atoms with E-state index in [1.165, 1.54) is 6.20 Å². The molecule has 1 unspecified atom stereocenters. The summed E-state index contributed by atoms with van der Waals surface area (Å²) in [6.07, 6.45) is 3.82. The van der Waals surface area contributed by atoms with Gasteiger partial charge >= 0.3 is 0 Å². The highest BCUT2D eigenvalue weighted by Gasteiger charge is 2.30. The van der Waals surface area contributed by atoms with Gasteiger partial charge in [-0.2, -0.15) is 0 Å². The minimum absolute atomic E-state index is 0.0552. The topological polar surface area (TPSA) is 125 Å². The third kappa shape index (κ3) is 4.02. The second-order valence-corrected chi connectivity index (χ2v) is 8.26. The molecule has 4 N–H and O–H groups in total. The molecule has 1 amide bonds. The standard InChI is InChI=1S/C20H27N3O5/c1-20(2)7-5-12(6-8-20)22-18(27)15-16(26)14-4-3-9-21-17(14)23(19(15)28)10-13(25)11-24/h3-4,9,12-13,24-26H,5-8,10-11H2,1-2H3,(H,22,27). The molecule has 2 aromatic heterocycles. The number of hydrogen-bond donors (Lipinski definition) is 4. The smallest absolute Gasteiger partial charge is 0.268 e. The molecule has 1 atom stereocenters. The number of amides is 1. The van der Waals surface area contributed by atoms with Crippen molar-refractivity contribution >= 4 is 16.9 Å². The number of carbonyl (C=O) groups excluding carboxylic acids is 1. The molecule has 0 aromatic carbocycles. The van der Waals surface area contributed by atoms with E-state index in [4.69, 9.17) is 5.11 Å². The van der Waals surface area contributed by atoms with Crippen LogP contribution in [0.1, 0.15) is 49.9 Å². The molecule has 0 bridgehead atoms. The fourth-order valence-electron chi connectivity index (χ4n) is 3.71. The third-order valence-electron chi connectivity index (χ3n) is 5.50. The molecule has 0 radical (unpaired) electrons. The number of aliphatic hydroxyl groups is 2. The molecular weight excluding hydrogens is 362 g/mol. The Kier molecular flexibility index (Phi) is 5.71. The summed E-state index contributed by atoms with van der Waals surface area (Å²) in [6.45, 7) is 3.61. The number of fused-ring (bicyclic) bond motifs is 1. The number of aliphatic hydroxyl groups excluding tert-OH is 2. The summed E-state index contributed by atoms with van der Waals surface area (Å²) in [4.78, 5) is 29.9. The first kappa shape index (κ1) is 20.3. The minimum Gasteiger partial charge on any atom is -0.506 e. The Balaban J connectivity index is 1.98. The zero-order valence-corrected chi connectivity index (χ0v) is 16.2. The van der Waals surface area contributed by atoms with E-state index < -0.39 is 29.9 Å². The minimum atomic E-state index is -1.19. The Morgan fingerprint density at radius 3 is 2.71 bits per heavy atom. The van der Waals surface area contributed by atoms with Gasteiger partial charge in [-0.3, -0.25) is 14.2 Å². The summed E-state index contributed by atoms with van der Waals surface area (Å²) in [7, 11) is 0. The molecule has 1 aliphatic carbocycles. The lowest BCUT2D eigenvalue weighted by Crippen LogP contribution is -2.42. The number of rotatable bonds is 5. The number of nitrogens with one attached hydrogen (secondary N) is 1. The lowest BCUT2D eigenvalue weighted by molar-refractivity contribution is 0.0807. The Morgan fingerprint density at radius 2 is 2.07 bits per heavy atom. The Labute approximate surface area is 162 Å². The average molecular weight is 389 g/mol. The van der Waals surface area contributed by atoms with Crippen molar-refractivity contribution in [1.29, 1.82) is 0 Å². The maximum atomic E-state index is 13.0. The summed E-state index contributed by atoms with van der Waals surface area (Å²) in [5.41, 5.74) is -0.723. The van der Waals surface area contributed by atoms with E-state index in [1.807, 2.05) is 0 Å². The van der Waals surface area contributed by atoms with Gasteiger partial charge in [0.15, 0.2) is 0 Å². The number of nitrogens with zero attached hydrogens (tertiary/aromatic N) is 2. The number of hydrogen-bond acceptors (Lipinski definition) is 6. The highest BCUT2D eigenvalue weighted by atomic mass is 16.3. The van der Waals surface area contributed by atoms with Gasteiger partial charge in [-0.25, -0.2) is 4.98 Å². The molecule has 1 aliphatic rings. The van der Waals surface area contributed by atoms with Gasteiger partial charge in [0.1, 0.15) is 17.0 Å². The molecule has 1 saturated carbocycles. The van der Waals surface area contributed by atoms with Gasteiger partial charge in [-0.1, -0.05) is 13.8 Å². The number of carbonyl (C=O) groups is 1. The van der Waals surface area contributed by atoms with Gasteiger partial charge in [0.05, 0.1) is 24.6 Å². The second-order valence-electron chi connectivity index (χ2n) is 8.26. The monoisotopic (exact) mass is 389 g/mol. The van der Waals surface area contributed by atoms with Crippen molar-refractivity contribution in [3.8, 4) is 5.75 Å². The van der Waals surface area contributed by atoms with Crippen LogP contribution < -0.4 is 10.9 Å². The van der Waals surface area contributed by atoms with Crippen LogP contribution in [0.25, 0.3) is 11.0 Å². The highest BCUT2D eigenvalue weighted by molar-refractivity contribution is 6.01. The van der Waals surface area contributed by atoms with Crippen molar-refractivity contribution in [2.24, 2.45) is 5.41 Å². The molecule has 1 fully saturated rings. The first-order valence-corrected chi connectivity index (χ1v) is 9.54. The highest BCUT2D eigenvalue weighted by Crippen LogP contribution is 2.35. The summed E-state index contributed by atoms with van der Waals surface area (Å²) in [5.74, 6) is -1.05. The Hall–Kier alpha value is -2.45. The van der Waals surface area contributed by atoms with Gasteiger partial charge in [0.25, 0.3) is 11.5 Å². The van der Waals surface area contributed by atoms with Gasteiger partial charge < -0.3 is 20.6 Å². The fourth-order valence-corrected chi connectivity index (χ4v) is 3.71. The lowest BCUT2D eigenvalue weighted by atomic mass is 9.75. The van der Waals surface area contributed by atoms with E-state index in [2.05, 4.69) is 24.1 Å². The van der Waals surface area contributed by atoms with Crippen LogP contribution in [0.4, 0.5) is 0 Å². The molecule has 152 valence electrons. The normalized spacial score (nSPS) is 18.1. The van der Waals surface area contributed by atoms with Crippen LogP contribution in [0.2, 0.25) is 0 Å². The second kappa shape index (κ2) is 7.89. The van der Waals surface area contributed by atoms with Crippen LogP contribution >= 0.6 is 0 Å². The van der Waals surface area contributed by atoms with Crippen LogP contribution in [0.5, 0.6) is 5.75 Å². The van der Waals surface area contributed by atoms with Gasteiger partial charge in [-0.05, 0) is 43.2 Å². The third-order valence-corrected chi connectivity index (χ3v) is 5.50. The lowest BCUT2D eigenvalue weighted by Gasteiger charge is -2.34. The van der Waals surface area contributed by atoms with Crippen molar-refractivity contribution in [1.82, 2.24) is 14.9 Å². The van der Waals surface area contributed by atoms with Crippen molar-refractivity contribution < 1.29 is 20.1 Å². The molecule has 8 nitrogen and oxygen atoms in total. The van der Waals surface area contributed by atoms with E-state index in [0.717, 1.165) is 30.3 Å². The fraction of sp³-hybridized carbons (Fsp3) is 0.550. The molecule has 0 aliphatic heterocycles. The van der Waals surface area contributed by atoms with Gasteiger partial charge in [0.2, 0.25) is 0 Å². The van der Waals surface area contributed by atoms with Crippen LogP contribution in [-0.4, -0.2) is 49.5 Å². The van der Waals surface area contributed by atoms with Crippen molar-refractivity contribution in [2.75, 3.05) is 6.61 Å². The summed E-state index contributed by atoms with van der Waals surface area (Å²) < 4.78 is 1.12. The zero-order valence-electron chi connectivity index (χ0n) is 16.2. The van der Waals surface area contributed by atoms with E-state index >= 15 is 0 Å². The van der Waals surface area contributed by atoms with Gasteiger partial charge in [0, 0.05) is 12.2 Å². The van der Waals surface area contributed by atoms with Gasteiger partial charge in [-0.15, -0.1) is 0 Å². The Bertz CT molecular complexity index is 927. The molecule has 2 heterocycles. The van der Waals surface area contributed by atoms with Crippen LogP contribution in [0.15, 0.2) is 23.1 Å². The molecule has 3 rings (SSSR count). The summed E-state index contributed by atoms with van der Waals surface area (Å²) in [5, 5.41) is 32.7. The van der Waals surface area contributed by atoms with Crippen molar-refractivity contribution in [3.05, 3.63) is 34.2 Å². The molecule has 8 heteroatoms. The predicted octanol–water partition coefficient (Wildman–Crippen LogP) is 1.15.